The van der Waals surface area contributed by atoms with E-state index in [0.29, 0.717) is 5.69 Å². The maximum absolute atomic E-state index is 13.2. The summed E-state index contributed by atoms with van der Waals surface area (Å²) >= 11 is 0. The normalized spacial score (nSPS) is 41.9. The highest BCUT2D eigenvalue weighted by Crippen LogP contribution is 2.61. The van der Waals surface area contributed by atoms with Crippen molar-refractivity contribution in [2.45, 2.75) is 83.3 Å². The lowest BCUT2D eigenvalue weighted by molar-refractivity contribution is -0.172. The number of aliphatic hydroxyl groups is 2. The number of nitrogens with one attached hydrogen (secondary N) is 2. The molecule has 2 unspecified atom stereocenters. The highest BCUT2D eigenvalue weighted by atomic mass is 16.6. The van der Waals surface area contributed by atoms with Crippen molar-refractivity contribution >= 4 is 23.5 Å². The summed E-state index contributed by atoms with van der Waals surface area (Å²) in [6.07, 6.45) is 2.92. The third kappa shape index (κ3) is 4.92. The molecule has 3 heterocycles. The van der Waals surface area contributed by atoms with E-state index >= 15 is 0 Å². The quantitative estimate of drug-likeness (QED) is 0.307. The van der Waals surface area contributed by atoms with Gasteiger partial charge in [0, 0.05) is 49.8 Å². The summed E-state index contributed by atoms with van der Waals surface area (Å²) in [5.74, 6) is -3.18. The summed E-state index contributed by atoms with van der Waals surface area (Å²) in [6.45, 7) is 8.63. The van der Waals surface area contributed by atoms with Crippen molar-refractivity contribution in [2.75, 3.05) is 12.4 Å². The second kappa shape index (κ2) is 11.0. The van der Waals surface area contributed by atoms with Gasteiger partial charge in [-0.15, -0.1) is 0 Å². The van der Waals surface area contributed by atoms with Crippen LogP contribution in [0.15, 0.2) is 36.1 Å². The minimum Gasteiger partial charge on any atom is -0.457 e. The Labute approximate surface area is 239 Å². The Hall–Kier alpha value is -2.99. The van der Waals surface area contributed by atoms with Crippen LogP contribution in [-0.2, 0) is 28.5 Å². The fourth-order valence-corrected chi connectivity index (χ4v) is 7.47. The van der Waals surface area contributed by atoms with Crippen LogP contribution in [0, 0.1) is 29.6 Å². The number of hydrogen-bond donors (Lipinski definition) is 4. The minimum atomic E-state index is -0.990. The standard InChI is InChI=1S/C30H40N2O9/c1-13-9-14(2)30-18(10-22(38-6)29(37)39-25(13)16(4)33)7-8-20-23(30)24(35)15(3)26(27(20)41-30)40-28(36)21-11-19(12-31-21)32-17(5)34/h7-9,11-13,15-16,18,20,22-27,31,33,35H,10H2,1-6H3,(H,32,34)/b14-9+/t13-,15-,16-,18-,20?,22+,23?,24-,25+,26-,27-,30+/m1/s1. The van der Waals surface area contributed by atoms with Gasteiger partial charge in [0.05, 0.1) is 17.9 Å². The van der Waals surface area contributed by atoms with Crippen molar-refractivity contribution in [2.24, 2.45) is 29.6 Å². The zero-order chi connectivity index (χ0) is 29.8. The van der Waals surface area contributed by atoms with Gasteiger partial charge in [-0.2, -0.15) is 0 Å². The molecular formula is C30H40N2O9. The molecule has 41 heavy (non-hydrogen) atoms. The molecule has 0 radical (unpaired) electrons. The molecule has 4 bridgehead atoms. The lowest BCUT2D eigenvalue weighted by atomic mass is 9.57. The predicted molar refractivity (Wildman–Crippen MR) is 147 cm³/mol. The second-order valence-corrected chi connectivity index (χ2v) is 12.0. The third-order valence-corrected chi connectivity index (χ3v) is 9.34. The minimum absolute atomic E-state index is 0.166. The molecule has 224 valence electrons. The van der Waals surface area contributed by atoms with Crippen molar-refractivity contribution in [1.82, 2.24) is 4.98 Å². The zero-order valence-electron chi connectivity index (χ0n) is 24.2. The number of amides is 1. The molecular weight excluding hydrogens is 532 g/mol. The van der Waals surface area contributed by atoms with E-state index in [2.05, 4.69) is 10.3 Å². The van der Waals surface area contributed by atoms with Gasteiger partial charge in [-0.3, -0.25) is 4.79 Å². The molecule has 1 saturated carbocycles. The van der Waals surface area contributed by atoms with Crippen LogP contribution in [0.1, 0.15) is 51.5 Å². The maximum Gasteiger partial charge on any atom is 0.355 e. The van der Waals surface area contributed by atoms with Crippen LogP contribution in [0.2, 0.25) is 0 Å². The number of aromatic amines is 1. The molecule has 2 aliphatic heterocycles. The lowest BCUT2D eigenvalue weighted by Gasteiger charge is -2.48. The first-order valence-corrected chi connectivity index (χ1v) is 14.2. The molecule has 0 aromatic carbocycles. The first-order valence-electron chi connectivity index (χ1n) is 14.2. The largest absolute Gasteiger partial charge is 0.457 e. The van der Waals surface area contributed by atoms with E-state index in [9.17, 15) is 24.6 Å². The molecule has 4 N–H and O–H groups in total. The van der Waals surface area contributed by atoms with Crippen LogP contribution in [0.25, 0.3) is 0 Å². The van der Waals surface area contributed by atoms with Gasteiger partial charge in [0.25, 0.3) is 0 Å². The number of aromatic nitrogens is 1. The number of anilines is 1. The van der Waals surface area contributed by atoms with Crippen LogP contribution in [-0.4, -0.2) is 82.4 Å². The van der Waals surface area contributed by atoms with Crippen molar-refractivity contribution in [3.63, 3.8) is 0 Å². The number of H-pyrrole nitrogens is 1. The maximum atomic E-state index is 13.2. The van der Waals surface area contributed by atoms with Crippen LogP contribution >= 0.6 is 0 Å². The van der Waals surface area contributed by atoms with Crippen LogP contribution in [0.4, 0.5) is 5.69 Å². The Morgan fingerprint density at radius 2 is 2.00 bits per heavy atom. The van der Waals surface area contributed by atoms with Gasteiger partial charge in [-0.05, 0) is 31.9 Å². The SMILES string of the molecule is CO[C@H]1C[C@H]2C=CC3C4[C@H](O)[C@@H](C)[C@@H](OC(=O)c5cc(NC(C)=O)c[nH]5)[C@@H]3O[C@]42/C(C)=C/[C@@H](C)[C@@H]([C@@H](C)O)OC1=O. The Bertz CT molecular complexity index is 1250. The van der Waals surface area contributed by atoms with Gasteiger partial charge >= 0.3 is 11.9 Å². The van der Waals surface area contributed by atoms with Crippen molar-refractivity contribution < 1.29 is 43.5 Å². The highest BCUT2D eigenvalue weighted by Gasteiger charge is 2.69. The molecule has 12 atom stereocenters. The molecule has 5 rings (SSSR count). The first-order chi connectivity index (χ1) is 19.4. The molecule has 1 amide bonds. The fourth-order valence-electron chi connectivity index (χ4n) is 7.47. The molecule has 11 heteroatoms. The van der Waals surface area contributed by atoms with E-state index in [1.54, 1.807) is 6.92 Å². The summed E-state index contributed by atoms with van der Waals surface area (Å²) in [6, 6.07) is 1.50. The van der Waals surface area contributed by atoms with Crippen molar-refractivity contribution in [1.29, 1.82) is 0 Å². The average Bonchev–Trinajstić information content (AvgIpc) is 3.44. The summed E-state index contributed by atoms with van der Waals surface area (Å²) < 4.78 is 24.2. The number of rotatable bonds is 5. The molecule has 1 saturated heterocycles. The molecule has 1 aromatic heterocycles. The van der Waals surface area contributed by atoms with Gasteiger partial charge in [0.1, 0.15) is 29.6 Å². The number of carbonyl (C=O) groups excluding carboxylic acids is 3. The third-order valence-electron chi connectivity index (χ3n) is 9.34. The Morgan fingerprint density at radius 1 is 1.27 bits per heavy atom. The number of esters is 2. The van der Waals surface area contributed by atoms with Gasteiger partial charge in [-0.25, -0.2) is 9.59 Å². The summed E-state index contributed by atoms with van der Waals surface area (Å²) in [4.78, 5) is 40.5. The predicted octanol–water partition coefficient (Wildman–Crippen LogP) is 2.36. The smallest absolute Gasteiger partial charge is 0.355 e. The lowest BCUT2D eigenvalue weighted by Crippen LogP contribution is -2.57. The molecule has 2 fully saturated rings. The monoisotopic (exact) mass is 572 g/mol. The van der Waals surface area contributed by atoms with E-state index in [0.717, 1.165) is 5.57 Å². The van der Waals surface area contributed by atoms with E-state index in [4.69, 9.17) is 18.9 Å². The van der Waals surface area contributed by atoms with Crippen LogP contribution in [0.5, 0.6) is 0 Å². The van der Waals surface area contributed by atoms with Gasteiger partial charge in [-0.1, -0.05) is 32.1 Å². The van der Waals surface area contributed by atoms with E-state index < -0.39 is 60.1 Å². The number of ether oxygens (including phenoxy) is 4. The second-order valence-electron chi connectivity index (χ2n) is 12.0. The highest BCUT2D eigenvalue weighted by molar-refractivity contribution is 5.93. The molecule has 4 aliphatic rings. The fraction of sp³-hybridized carbons (Fsp3) is 0.633. The number of methoxy groups -OCH3 is 1. The summed E-state index contributed by atoms with van der Waals surface area (Å²) in [5, 5.41) is 24.9. The van der Waals surface area contributed by atoms with Crippen LogP contribution < -0.4 is 5.32 Å². The molecule has 1 aromatic rings. The zero-order valence-corrected chi connectivity index (χ0v) is 24.2. The van der Waals surface area contributed by atoms with E-state index in [1.165, 1.54) is 26.3 Å². The molecule has 11 nitrogen and oxygen atoms in total. The van der Waals surface area contributed by atoms with Gasteiger partial charge < -0.3 is 39.5 Å². The topological polar surface area (TPSA) is 156 Å². The number of cyclic esters (lactones) is 1. The van der Waals surface area contributed by atoms with Gasteiger partial charge in [0.2, 0.25) is 5.91 Å². The Morgan fingerprint density at radius 3 is 2.66 bits per heavy atom. The van der Waals surface area contributed by atoms with Crippen LogP contribution in [0.3, 0.4) is 0 Å². The van der Waals surface area contributed by atoms with Crippen molar-refractivity contribution in [3.05, 3.63) is 41.8 Å². The van der Waals surface area contributed by atoms with Crippen molar-refractivity contribution in [3.8, 4) is 0 Å². The first kappa shape index (κ1) is 29.5. The average molecular weight is 573 g/mol. The van der Waals surface area contributed by atoms with E-state index in [1.807, 2.05) is 39.0 Å². The number of carbonyl (C=O) groups is 3. The molecule has 2 aliphatic carbocycles. The Kier molecular flexibility index (Phi) is 7.92. The molecule has 1 spiro atoms. The van der Waals surface area contributed by atoms with Gasteiger partial charge in [0.15, 0.2) is 6.10 Å². The number of hydrogen-bond acceptors (Lipinski definition) is 9. The number of aliphatic hydroxyl groups excluding tert-OH is 2. The summed E-state index contributed by atoms with van der Waals surface area (Å²) in [7, 11) is 1.45. The van der Waals surface area contributed by atoms with E-state index in [-0.39, 0.29) is 41.7 Å². The summed E-state index contributed by atoms with van der Waals surface area (Å²) in [5.41, 5.74) is 0.477. The Balaban J connectivity index is 1.51.